The Balaban J connectivity index is 1.40. The summed E-state index contributed by atoms with van der Waals surface area (Å²) in [5.41, 5.74) is 3.77. The molecule has 5 heteroatoms. The lowest BCUT2D eigenvalue weighted by molar-refractivity contribution is -0.184. The van der Waals surface area contributed by atoms with E-state index in [2.05, 4.69) is 43.1 Å². The van der Waals surface area contributed by atoms with Crippen LogP contribution in [0.15, 0.2) is 67.3 Å². The molecule has 3 aromatic rings. The number of rotatable bonds is 8. The fourth-order valence-corrected chi connectivity index (χ4v) is 3.56. The molecule has 0 amide bonds. The number of hydrogen-bond donors (Lipinski definition) is 0. The molecule has 2 atom stereocenters. The van der Waals surface area contributed by atoms with E-state index in [0.29, 0.717) is 19.8 Å². The van der Waals surface area contributed by atoms with E-state index in [1.54, 1.807) is 12.5 Å². The van der Waals surface area contributed by atoms with E-state index in [1.807, 2.05) is 35.0 Å². The summed E-state index contributed by atoms with van der Waals surface area (Å²) in [6.45, 7) is 5.77. The van der Waals surface area contributed by atoms with E-state index in [4.69, 9.17) is 14.2 Å². The van der Waals surface area contributed by atoms with Gasteiger partial charge in [0.1, 0.15) is 18.5 Å². The average Bonchev–Trinajstić information content (AvgIpc) is 3.38. The molecule has 1 saturated heterocycles. The molecule has 0 saturated carbocycles. The van der Waals surface area contributed by atoms with Gasteiger partial charge in [0.15, 0.2) is 5.79 Å². The van der Waals surface area contributed by atoms with Gasteiger partial charge in [-0.2, -0.15) is 0 Å². The summed E-state index contributed by atoms with van der Waals surface area (Å²) < 4.78 is 20.6. The normalized spacial score (nSPS) is 21.4. The number of benzene rings is 2. The third-order valence-electron chi connectivity index (χ3n) is 5.27. The van der Waals surface area contributed by atoms with Crippen molar-refractivity contribution >= 4 is 0 Å². The van der Waals surface area contributed by atoms with Crippen LogP contribution in [-0.4, -0.2) is 34.7 Å². The fraction of sp³-hybridized carbons (Fsp3) is 0.375. The van der Waals surface area contributed by atoms with E-state index >= 15 is 0 Å². The zero-order chi connectivity index (χ0) is 20.1. The van der Waals surface area contributed by atoms with Crippen LogP contribution in [0, 0.1) is 13.8 Å². The van der Waals surface area contributed by atoms with Crippen LogP contribution >= 0.6 is 0 Å². The Hall–Kier alpha value is -2.63. The van der Waals surface area contributed by atoms with Gasteiger partial charge in [-0.15, -0.1) is 0 Å². The SMILES string of the molecule is Cc1ccc(CCC2(Cn3ccnc3)OCC(COc3ccc(C)cc3)O2)cc1. The first-order valence-electron chi connectivity index (χ1n) is 10.1. The summed E-state index contributed by atoms with van der Waals surface area (Å²) in [6, 6.07) is 16.7. The van der Waals surface area contributed by atoms with Crippen molar-refractivity contribution in [2.75, 3.05) is 13.2 Å². The highest BCUT2D eigenvalue weighted by Crippen LogP contribution is 2.31. The second-order valence-corrected chi connectivity index (χ2v) is 7.81. The number of nitrogens with zero attached hydrogens (tertiary/aromatic N) is 2. The Morgan fingerprint density at radius 1 is 1.07 bits per heavy atom. The maximum Gasteiger partial charge on any atom is 0.187 e. The highest BCUT2D eigenvalue weighted by atomic mass is 16.8. The van der Waals surface area contributed by atoms with Crippen molar-refractivity contribution in [3.05, 3.63) is 83.9 Å². The van der Waals surface area contributed by atoms with Gasteiger partial charge in [0.25, 0.3) is 0 Å². The zero-order valence-electron chi connectivity index (χ0n) is 17.1. The van der Waals surface area contributed by atoms with Crippen LogP contribution in [0.5, 0.6) is 5.75 Å². The summed E-state index contributed by atoms with van der Waals surface area (Å²) in [7, 11) is 0. The minimum atomic E-state index is -0.674. The number of hydrogen-bond acceptors (Lipinski definition) is 4. The van der Waals surface area contributed by atoms with E-state index in [1.165, 1.54) is 16.7 Å². The molecule has 0 N–H and O–H groups in total. The Labute approximate surface area is 172 Å². The van der Waals surface area contributed by atoms with Crippen LogP contribution in [0.4, 0.5) is 0 Å². The minimum absolute atomic E-state index is 0.0992. The molecule has 5 nitrogen and oxygen atoms in total. The summed E-state index contributed by atoms with van der Waals surface area (Å²) in [4.78, 5) is 4.15. The van der Waals surface area contributed by atoms with Gasteiger partial charge in [-0.3, -0.25) is 0 Å². The van der Waals surface area contributed by atoms with Crippen molar-refractivity contribution in [3.63, 3.8) is 0 Å². The third-order valence-corrected chi connectivity index (χ3v) is 5.27. The first-order chi connectivity index (χ1) is 14.1. The van der Waals surface area contributed by atoms with Gasteiger partial charge in [-0.05, 0) is 38.0 Å². The predicted molar refractivity (Wildman–Crippen MR) is 112 cm³/mol. The van der Waals surface area contributed by atoms with E-state index in [9.17, 15) is 0 Å². The Kier molecular flexibility index (Phi) is 5.97. The first kappa shape index (κ1) is 19.7. The molecule has 0 radical (unpaired) electrons. The summed E-state index contributed by atoms with van der Waals surface area (Å²) in [5.74, 6) is 0.179. The summed E-state index contributed by atoms with van der Waals surface area (Å²) in [5, 5.41) is 0. The molecule has 1 aromatic heterocycles. The quantitative estimate of drug-likeness (QED) is 0.573. The van der Waals surface area contributed by atoms with Crippen molar-refractivity contribution in [2.24, 2.45) is 0 Å². The minimum Gasteiger partial charge on any atom is -0.491 e. The van der Waals surface area contributed by atoms with Gasteiger partial charge in [0.2, 0.25) is 0 Å². The highest BCUT2D eigenvalue weighted by Gasteiger charge is 2.42. The van der Waals surface area contributed by atoms with Crippen molar-refractivity contribution in [3.8, 4) is 5.75 Å². The molecule has 0 aliphatic carbocycles. The van der Waals surface area contributed by atoms with E-state index in [0.717, 1.165) is 18.6 Å². The first-order valence-corrected chi connectivity index (χ1v) is 10.1. The molecular formula is C24H28N2O3. The lowest BCUT2D eigenvalue weighted by Crippen LogP contribution is -2.37. The second-order valence-electron chi connectivity index (χ2n) is 7.81. The van der Waals surface area contributed by atoms with Gasteiger partial charge < -0.3 is 18.8 Å². The van der Waals surface area contributed by atoms with Crippen LogP contribution in [0.3, 0.4) is 0 Å². The molecule has 0 spiro atoms. The summed E-state index contributed by atoms with van der Waals surface area (Å²) in [6.07, 6.45) is 7.08. The standard InChI is InChI=1S/C24H28N2O3/c1-19-3-7-21(8-4-19)11-12-24(17-26-14-13-25-18-26)28-16-23(29-24)15-27-22-9-5-20(2)6-10-22/h3-10,13-14,18,23H,11-12,15-17H2,1-2H3. The third kappa shape index (κ3) is 5.25. The number of ether oxygens (including phenoxy) is 3. The van der Waals surface area contributed by atoms with Gasteiger partial charge in [0.05, 0.1) is 19.5 Å². The van der Waals surface area contributed by atoms with E-state index in [-0.39, 0.29) is 6.10 Å². The van der Waals surface area contributed by atoms with Crippen molar-refractivity contribution < 1.29 is 14.2 Å². The molecule has 152 valence electrons. The highest BCUT2D eigenvalue weighted by molar-refractivity contribution is 5.26. The van der Waals surface area contributed by atoms with Gasteiger partial charge >= 0.3 is 0 Å². The van der Waals surface area contributed by atoms with Crippen LogP contribution in [0.2, 0.25) is 0 Å². The molecule has 29 heavy (non-hydrogen) atoms. The van der Waals surface area contributed by atoms with Gasteiger partial charge in [-0.1, -0.05) is 47.5 Å². The number of aryl methyl sites for hydroxylation is 3. The van der Waals surface area contributed by atoms with Crippen molar-refractivity contribution in [1.29, 1.82) is 0 Å². The lowest BCUT2D eigenvalue weighted by Gasteiger charge is -2.28. The Morgan fingerprint density at radius 2 is 1.79 bits per heavy atom. The number of imidazole rings is 1. The predicted octanol–water partition coefficient (Wildman–Crippen LogP) is 4.32. The molecule has 4 rings (SSSR count). The fourth-order valence-electron chi connectivity index (χ4n) is 3.56. The van der Waals surface area contributed by atoms with Gasteiger partial charge in [0, 0.05) is 18.8 Å². The molecule has 1 aliphatic heterocycles. The van der Waals surface area contributed by atoms with Crippen LogP contribution in [0.25, 0.3) is 0 Å². The van der Waals surface area contributed by atoms with E-state index < -0.39 is 5.79 Å². The molecular weight excluding hydrogens is 364 g/mol. The van der Waals surface area contributed by atoms with Crippen LogP contribution in [0.1, 0.15) is 23.1 Å². The van der Waals surface area contributed by atoms with Gasteiger partial charge in [-0.25, -0.2) is 4.98 Å². The topological polar surface area (TPSA) is 45.5 Å². The molecule has 2 heterocycles. The van der Waals surface area contributed by atoms with Crippen molar-refractivity contribution in [1.82, 2.24) is 9.55 Å². The van der Waals surface area contributed by atoms with Crippen LogP contribution in [-0.2, 0) is 22.4 Å². The molecule has 0 bridgehead atoms. The van der Waals surface area contributed by atoms with Crippen LogP contribution < -0.4 is 4.74 Å². The average molecular weight is 392 g/mol. The van der Waals surface area contributed by atoms with Crippen molar-refractivity contribution in [2.45, 2.75) is 45.1 Å². The molecule has 1 fully saturated rings. The maximum absolute atomic E-state index is 6.42. The molecule has 2 unspecified atom stereocenters. The lowest BCUT2D eigenvalue weighted by atomic mass is 10.0. The number of aromatic nitrogens is 2. The second kappa shape index (κ2) is 8.80. The molecule has 1 aliphatic rings. The monoisotopic (exact) mass is 392 g/mol. The maximum atomic E-state index is 6.42. The zero-order valence-corrected chi connectivity index (χ0v) is 17.1. The largest absolute Gasteiger partial charge is 0.491 e. The molecule has 2 aromatic carbocycles. The Morgan fingerprint density at radius 3 is 2.48 bits per heavy atom. The summed E-state index contributed by atoms with van der Waals surface area (Å²) >= 11 is 0. The Bertz CT molecular complexity index is 891. The smallest absolute Gasteiger partial charge is 0.187 e.